The van der Waals surface area contributed by atoms with E-state index in [2.05, 4.69) is 17.1 Å². The van der Waals surface area contributed by atoms with Gasteiger partial charge in [-0.15, -0.1) is 0 Å². The van der Waals surface area contributed by atoms with Crippen LogP contribution in [-0.4, -0.2) is 48.2 Å². The molecule has 2 fully saturated rings. The molecule has 0 spiro atoms. The monoisotopic (exact) mass is 268 g/mol. The van der Waals surface area contributed by atoms with Crippen molar-refractivity contribution >= 4 is 5.97 Å². The molecule has 0 bridgehead atoms. The predicted molar refractivity (Wildman–Crippen MR) is 76.0 cm³/mol. The minimum atomic E-state index is -0.385. The predicted octanol–water partition coefficient (Wildman–Crippen LogP) is 1.79. The van der Waals surface area contributed by atoms with Crippen LogP contribution in [0.2, 0.25) is 0 Å². The third-order valence-corrected chi connectivity index (χ3v) is 3.56. The van der Waals surface area contributed by atoms with E-state index in [0.29, 0.717) is 18.5 Å². The fraction of sp³-hybridized carbons (Fsp3) is 0.933. The largest absolute Gasteiger partial charge is 0.459 e. The second-order valence-electron chi connectivity index (χ2n) is 7.26. The summed E-state index contributed by atoms with van der Waals surface area (Å²) in [7, 11) is 0. The molecule has 2 rings (SSSR count). The molecule has 1 N–H and O–H groups in total. The first-order chi connectivity index (χ1) is 8.82. The van der Waals surface area contributed by atoms with Crippen molar-refractivity contribution in [1.29, 1.82) is 0 Å². The van der Waals surface area contributed by atoms with Crippen LogP contribution in [0.4, 0.5) is 0 Å². The van der Waals surface area contributed by atoms with Crippen molar-refractivity contribution in [2.24, 2.45) is 5.92 Å². The Morgan fingerprint density at radius 3 is 2.53 bits per heavy atom. The number of carbonyl (C=O) groups excluding carboxylic acids is 1. The quantitative estimate of drug-likeness (QED) is 0.789. The van der Waals surface area contributed by atoms with Crippen LogP contribution in [0.15, 0.2) is 0 Å². The molecule has 1 aliphatic heterocycles. The molecule has 2 aliphatic rings. The highest BCUT2D eigenvalue weighted by Crippen LogP contribution is 2.23. The van der Waals surface area contributed by atoms with E-state index in [9.17, 15) is 4.79 Å². The van der Waals surface area contributed by atoms with E-state index in [-0.39, 0.29) is 11.6 Å². The zero-order valence-electron chi connectivity index (χ0n) is 12.7. The highest BCUT2D eigenvalue weighted by atomic mass is 16.6. The van der Waals surface area contributed by atoms with E-state index in [1.54, 1.807) is 0 Å². The van der Waals surface area contributed by atoms with Crippen LogP contribution in [0.1, 0.15) is 47.0 Å². The van der Waals surface area contributed by atoms with Gasteiger partial charge in [0.1, 0.15) is 5.60 Å². The Morgan fingerprint density at radius 2 is 1.95 bits per heavy atom. The lowest BCUT2D eigenvalue weighted by Crippen LogP contribution is -2.51. The first-order valence-electron chi connectivity index (χ1n) is 7.52. The molecule has 1 saturated heterocycles. The van der Waals surface area contributed by atoms with Gasteiger partial charge in [-0.1, -0.05) is 6.92 Å². The van der Waals surface area contributed by atoms with Crippen LogP contribution < -0.4 is 5.32 Å². The molecule has 4 heteroatoms. The van der Waals surface area contributed by atoms with Gasteiger partial charge in [-0.05, 0) is 46.0 Å². The molecule has 4 nitrogen and oxygen atoms in total. The lowest BCUT2D eigenvalue weighted by atomic mass is 9.96. The number of carbonyl (C=O) groups is 1. The number of hydrogen-bond donors (Lipinski definition) is 1. The molecule has 0 radical (unpaired) electrons. The summed E-state index contributed by atoms with van der Waals surface area (Å²) in [5.41, 5.74) is -0.385. The topological polar surface area (TPSA) is 41.6 Å². The minimum Gasteiger partial charge on any atom is -0.459 e. The van der Waals surface area contributed by atoms with Crippen molar-refractivity contribution in [3.05, 3.63) is 0 Å². The van der Waals surface area contributed by atoms with Gasteiger partial charge in [0, 0.05) is 25.2 Å². The van der Waals surface area contributed by atoms with Gasteiger partial charge in [0.05, 0.1) is 6.54 Å². The molecule has 0 aromatic heterocycles. The lowest BCUT2D eigenvalue weighted by Gasteiger charge is -2.36. The number of esters is 1. The number of piperidine rings is 1. The molecule has 1 heterocycles. The number of ether oxygens (including phenoxy) is 1. The highest BCUT2D eigenvalue weighted by molar-refractivity contribution is 5.72. The molecule has 2 unspecified atom stereocenters. The van der Waals surface area contributed by atoms with E-state index >= 15 is 0 Å². The maximum absolute atomic E-state index is 11.9. The van der Waals surface area contributed by atoms with Gasteiger partial charge < -0.3 is 10.1 Å². The zero-order valence-corrected chi connectivity index (χ0v) is 12.7. The maximum Gasteiger partial charge on any atom is 0.320 e. The summed E-state index contributed by atoms with van der Waals surface area (Å²) < 4.78 is 5.40. The molecule has 2 atom stereocenters. The molecule has 0 aromatic rings. The van der Waals surface area contributed by atoms with Gasteiger partial charge in [0.25, 0.3) is 0 Å². The van der Waals surface area contributed by atoms with E-state index in [0.717, 1.165) is 19.1 Å². The van der Waals surface area contributed by atoms with Gasteiger partial charge in [0.15, 0.2) is 0 Å². The Kier molecular flexibility index (Phi) is 4.51. The van der Waals surface area contributed by atoms with Gasteiger partial charge in [0.2, 0.25) is 0 Å². The van der Waals surface area contributed by atoms with Crippen LogP contribution in [0, 0.1) is 5.92 Å². The third kappa shape index (κ3) is 5.49. The van der Waals surface area contributed by atoms with Crippen LogP contribution in [0.3, 0.4) is 0 Å². The Hall–Kier alpha value is -0.610. The fourth-order valence-corrected chi connectivity index (χ4v) is 2.85. The Bertz CT molecular complexity index is 319. The fourth-order valence-electron chi connectivity index (χ4n) is 2.85. The summed E-state index contributed by atoms with van der Waals surface area (Å²) in [5.74, 6) is 0.541. The smallest absolute Gasteiger partial charge is 0.320 e. The Labute approximate surface area is 116 Å². The molecule has 1 aliphatic carbocycles. The average Bonchev–Trinajstić information content (AvgIpc) is 2.96. The zero-order chi connectivity index (χ0) is 14.0. The van der Waals surface area contributed by atoms with Crippen molar-refractivity contribution in [3.63, 3.8) is 0 Å². The van der Waals surface area contributed by atoms with E-state index in [1.165, 1.54) is 19.3 Å². The van der Waals surface area contributed by atoms with Crippen molar-refractivity contribution in [3.8, 4) is 0 Å². The average molecular weight is 268 g/mol. The number of hydrogen-bond acceptors (Lipinski definition) is 4. The summed E-state index contributed by atoms with van der Waals surface area (Å²) in [5, 5.41) is 3.68. The Morgan fingerprint density at radius 1 is 1.26 bits per heavy atom. The summed E-state index contributed by atoms with van der Waals surface area (Å²) in [4.78, 5) is 14.1. The number of likely N-dealkylation sites (tertiary alicyclic amines) is 1. The molecule has 0 amide bonds. The maximum atomic E-state index is 11.9. The summed E-state index contributed by atoms with van der Waals surface area (Å²) in [6.07, 6.45) is 3.86. The van der Waals surface area contributed by atoms with Crippen molar-refractivity contribution in [2.75, 3.05) is 19.6 Å². The molecule has 1 saturated carbocycles. The van der Waals surface area contributed by atoms with E-state index in [4.69, 9.17) is 4.74 Å². The second-order valence-corrected chi connectivity index (χ2v) is 7.26. The van der Waals surface area contributed by atoms with Gasteiger partial charge in [-0.25, -0.2) is 0 Å². The number of nitrogens with zero attached hydrogens (tertiary/aromatic N) is 1. The van der Waals surface area contributed by atoms with Crippen LogP contribution in [-0.2, 0) is 9.53 Å². The summed E-state index contributed by atoms with van der Waals surface area (Å²) in [6.45, 7) is 10.4. The van der Waals surface area contributed by atoms with Gasteiger partial charge in [-0.2, -0.15) is 0 Å². The standard InChI is InChI=1S/C15H28N2O2/c1-11-7-13(16-12-5-6-12)9-17(8-11)10-14(18)19-15(2,3)4/h11-13,16H,5-10H2,1-4H3. The SMILES string of the molecule is CC1CC(NC2CC2)CN(CC(=O)OC(C)(C)C)C1. The summed E-state index contributed by atoms with van der Waals surface area (Å²) >= 11 is 0. The van der Waals surface area contributed by atoms with Gasteiger partial charge in [-0.3, -0.25) is 9.69 Å². The molecule has 0 aromatic carbocycles. The Balaban J connectivity index is 1.79. The van der Waals surface area contributed by atoms with Crippen molar-refractivity contribution < 1.29 is 9.53 Å². The lowest BCUT2D eigenvalue weighted by molar-refractivity contribution is -0.156. The first-order valence-corrected chi connectivity index (χ1v) is 7.52. The number of nitrogens with one attached hydrogen (secondary N) is 1. The van der Waals surface area contributed by atoms with Crippen LogP contribution in [0.25, 0.3) is 0 Å². The van der Waals surface area contributed by atoms with Crippen molar-refractivity contribution in [1.82, 2.24) is 10.2 Å². The molecule has 110 valence electrons. The van der Waals surface area contributed by atoms with Crippen LogP contribution in [0.5, 0.6) is 0 Å². The van der Waals surface area contributed by atoms with Crippen LogP contribution >= 0.6 is 0 Å². The normalized spacial score (nSPS) is 29.3. The van der Waals surface area contributed by atoms with E-state index < -0.39 is 0 Å². The molecule has 19 heavy (non-hydrogen) atoms. The molecular formula is C15H28N2O2. The minimum absolute atomic E-state index is 0.105. The van der Waals surface area contributed by atoms with Crippen molar-refractivity contribution in [2.45, 2.75) is 64.6 Å². The van der Waals surface area contributed by atoms with E-state index in [1.807, 2.05) is 20.8 Å². The third-order valence-electron chi connectivity index (χ3n) is 3.56. The summed E-state index contributed by atoms with van der Waals surface area (Å²) in [6, 6.07) is 1.28. The second kappa shape index (κ2) is 5.80. The first kappa shape index (κ1) is 14.8. The molecular weight excluding hydrogens is 240 g/mol. The number of rotatable bonds is 4. The van der Waals surface area contributed by atoms with Gasteiger partial charge >= 0.3 is 5.97 Å². The highest BCUT2D eigenvalue weighted by Gasteiger charge is 2.31.